The summed E-state index contributed by atoms with van der Waals surface area (Å²) in [5, 5.41) is 15.3. The van der Waals surface area contributed by atoms with Crippen LogP contribution in [0.1, 0.15) is 12.0 Å². The van der Waals surface area contributed by atoms with E-state index in [4.69, 9.17) is 10.00 Å². The van der Waals surface area contributed by atoms with Crippen LogP contribution in [0.4, 0.5) is 17.5 Å². The van der Waals surface area contributed by atoms with Gasteiger partial charge in [0.2, 0.25) is 5.95 Å². The lowest BCUT2D eigenvalue weighted by atomic mass is 10.2. The maximum absolute atomic E-state index is 9.06. The third-order valence-corrected chi connectivity index (χ3v) is 2.78. The summed E-state index contributed by atoms with van der Waals surface area (Å²) >= 11 is 0. The molecular weight excluding hydrogens is 266 g/mol. The molecule has 0 bridgehead atoms. The second-order valence-corrected chi connectivity index (χ2v) is 4.32. The van der Waals surface area contributed by atoms with Gasteiger partial charge in [-0.2, -0.15) is 10.2 Å². The maximum Gasteiger partial charge on any atom is 0.229 e. The number of hydrogen-bond donors (Lipinski definition) is 2. The number of aromatic nitrogens is 2. The number of methoxy groups -OCH3 is 1. The third-order valence-electron chi connectivity index (χ3n) is 2.78. The molecule has 0 fully saturated rings. The average molecular weight is 283 g/mol. The van der Waals surface area contributed by atoms with Crippen LogP contribution in [0.15, 0.2) is 36.5 Å². The van der Waals surface area contributed by atoms with E-state index >= 15 is 0 Å². The third kappa shape index (κ3) is 4.44. The normalized spacial score (nSPS) is 9.90. The van der Waals surface area contributed by atoms with Crippen molar-refractivity contribution in [3.05, 3.63) is 42.1 Å². The number of nitrogens with zero attached hydrogens (tertiary/aromatic N) is 3. The van der Waals surface area contributed by atoms with Crippen molar-refractivity contribution in [2.45, 2.75) is 6.42 Å². The molecule has 0 aliphatic carbocycles. The van der Waals surface area contributed by atoms with Gasteiger partial charge in [-0.05, 0) is 24.6 Å². The van der Waals surface area contributed by atoms with Gasteiger partial charge in [0.1, 0.15) is 11.9 Å². The molecule has 1 aromatic heterocycles. The van der Waals surface area contributed by atoms with Crippen molar-refractivity contribution in [3.63, 3.8) is 0 Å². The van der Waals surface area contributed by atoms with Crippen LogP contribution in [0.25, 0.3) is 0 Å². The van der Waals surface area contributed by atoms with Gasteiger partial charge in [0.15, 0.2) is 0 Å². The summed E-state index contributed by atoms with van der Waals surface area (Å²) in [5.41, 5.74) is 1.25. The first-order valence-electron chi connectivity index (χ1n) is 6.65. The predicted octanol–water partition coefficient (Wildman–Crippen LogP) is 2.54. The fourth-order valence-electron chi connectivity index (χ4n) is 1.76. The largest absolute Gasteiger partial charge is 0.385 e. The van der Waals surface area contributed by atoms with Gasteiger partial charge in [-0.3, -0.25) is 0 Å². The van der Waals surface area contributed by atoms with Crippen LogP contribution < -0.4 is 10.6 Å². The van der Waals surface area contributed by atoms with Gasteiger partial charge in [0, 0.05) is 26.5 Å². The highest BCUT2D eigenvalue weighted by Gasteiger charge is 2.03. The number of anilines is 3. The number of nitriles is 1. The van der Waals surface area contributed by atoms with Gasteiger partial charge in [-0.1, -0.05) is 12.1 Å². The molecule has 21 heavy (non-hydrogen) atoms. The highest BCUT2D eigenvalue weighted by molar-refractivity contribution is 5.63. The molecule has 0 unspecified atom stereocenters. The van der Waals surface area contributed by atoms with Gasteiger partial charge in [0.05, 0.1) is 11.3 Å². The van der Waals surface area contributed by atoms with Crippen LogP contribution in [0, 0.1) is 11.3 Å². The first-order chi connectivity index (χ1) is 10.3. The number of benzene rings is 1. The van der Waals surface area contributed by atoms with Crippen LogP contribution in [0.5, 0.6) is 0 Å². The van der Waals surface area contributed by atoms with Crippen LogP contribution in [0.2, 0.25) is 0 Å². The molecule has 6 nitrogen and oxygen atoms in total. The van der Waals surface area contributed by atoms with Gasteiger partial charge < -0.3 is 15.4 Å². The highest BCUT2D eigenvalue weighted by Crippen LogP contribution is 2.18. The molecule has 6 heteroatoms. The summed E-state index contributed by atoms with van der Waals surface area (Å²) in [4.78, 5) is 8.52. The molecule has 0 aliphatic rings. The van der Waals surface area contributed by atoms with Gasteiger partial charge in [-0.15, -0.1) is 0 Å². The van der Waals surface area contributed by atoms with E-state index in [1.165, 1.54) is 0 Å². The summed E-state index contributed by atoms with van der Waals surface area (Å²) in [7, 11) is 1.68. The smallest absolute Gasteiger partial charge is 0.229 e. The second kappa shape index (κ2) is 7.82. The monoisotopic (exact) mass is 283 g/mol. The number of rotatable bonds is 7. The van der Waals surface area contributed by atoms with Gasteiger partial charge in [-0.25, -0.2) is 4.98 Å². The number of para-hydroxylation sites is 1. The molecule has 0 amide bonds. The van der Waals surface area contributed by atoms with Gasteiger partial charge in [0.25, 0.3) is 0 Å². The van der Waals surface area contributed by atoms with E-state index in [0.717, 1.165) is 18.8 Å². The van der Waals surface area contributed by atoms with E-state index in [0.29, 0.717) is 23.8 Å². The molecule has 2 rings (SSSR count). The second-order valence-electron chi connectivity index (χ2n) is 4.32. The van der Waals surface area contributed by atoms with Crippen molar-refractivity contribution in [2.24, 2.45) is 0 Å². The molecular formula is C15H17N5O. The molecule has 0 saturated heterocycles. The lowest BCUT2D eigenvalue weighted by Gasteiger charge is -2.09. The lowest BCUT2D eigenvalue weighted by molar-refractivity contribution is 0.198. The summed E-state index contributed by atoms with van der Waals surface area (Å²) in [6, 6.07) is 11.2. The Morgan fingerprint density at radius 2 is 2.14 bits per heavy atom. The summed E-state index contributed by atoms with van der Waals surface area (Å²) < 4.78 is 4.99. The van der Waals surface area contributed by atoms with E-state index < -0.39 is 0 Å². The van der Waals surface area contributed by atoms with Crippen molar-refractivity contribution < 1.29 is 4.74 Å². The van der Waals surface area contributed by atoms with Crippen LogP contribution in [-0.4, -0.2) is 30.2 Å². The Morgan fingerprint density at radius 3 is 2.95 bits per heavy atom. The standard InChI is InChI=1S/C15H17N5O/c1-21-10-4-8-17-14-7-9-18-15(20-14)19-13-6-3-2-5-12(13)11-16/h2-3,5-7,9H,4,8,10H2,1H3,(H2,17,18,19,20). The molecule has 1 heterocycles. The Hall–Kier alpha value is -2.65. The minimum absolute atomic E-state index is 0.453. The SMILES string of the molecule is COCCCNc1ccnc(Nc2ccccc2C#N)n1. The molecule has 0 aliphatic heterocycles. The molecule has 2 aromatic rings. The molecule has 2 N–H and O–H groups in total. The Labute approximate surface area is 123 Å². The summed E-state index contributed by atoms with van der Waals surface area (Å²) in [6.45, 7) is 1.48. The zero-order valence-corrected chi connectivity index (χ0v) is 11.8. The predicted molar refractivity (Wildman–Crippen MR) is 81.5 cm³/mol. The Balaban J connectivity index is 2.02. The van der Waals surface area contributed by atoms with Crippen LogP contribution in [0.3, 0.4) is 0 Å². The fraction of sp³-hybridized carbons (Fsp3) is 0.267. The zero-order chi connectivity index (χ0) is 14.9. The Bertz CT molecular complexity index is 623. The van der Waals surface area contributed by atoms with Gasteiger partial charge >= 0.3 is 0 Å². The van der Waals surface area contributed by atoms with E-state index in [1.807, 2.05) is 18.2 Å². The van der Waals surface area contributed by atoms with Crippen molar-refractivity contribution >= 4 is 17.5 Å². The van der Waals surface area contributed by atoms with Crippen molar-refractivity contribution in [1.29, 1.82) is 5.26 Å². The first-order valence-corrected chi connectivity index (χ1v) is 6.65. The van der Waals surface area contributed by atoms with E-state index in [1.54, 1.807) is 25.4 Å². The lowest BCUT2D eigenvalue weighted by Crippen LogP contribution is -2.07. The van der Waals surface area contributed by atoms with E-state index in [9.17, 15) is 0 Å². The van der Waals surface area contributed by atoms with Crippen molar-refractivity contribution in [2.75, 3.05) is 30.9 Å². The molecule has 0 saturated carbocycles. The fourth-order valence-corrected chi connectivity index (χ4v) is 1.76. The van der Waals surface area contributed by atoms with E-state index in [2.05, 4.69) is 26.7 Å². The number of hydrogen-bond acceptors (Lipinski definition) is 6. The maximum atomic E-state index is 9.06. The Kier molecular flexibility index (Phi) is 5.50. The molecule has 0 atom stereocenters. The first kappa shape index (κ1) is 14.8. The topological polar surface area (TPSA) is 82.9 Å². The average Bonchev–Trinajstić information content (AvgIpc) is 2.52. The molecule has 108 valence electrons. The number of ether oxygens (including phenoxy) is 1. The molecule has 0 radical (unpaired) electrons. The number of nitrogens with one attached hydrogen (secondary N) is 2. The quantitative estimate of drug-likeness (QED) is 0.760. The van der Waals surface area contributed by atoms with Crippen molar-refractivity contribution in [3.8, 4) is 6.07 Å². The molecule has 0 spiro atoms. The molecule has 1 aromatic carbocycles. The van der Waals surface area contributed by atoms with E-state index in [-0.39, 0.29) is 0 Å². The van der Waals surface area contributed by atoms with Crippen LogP contribution in [-0.2, 0) is 4.74 Å². The Morgan fingerprint density at radius 1 is 1.29 bits per heavy atom. The van der Waals surface area contributed by atoms with Crippen molar-refractivity contribution in [1.82, 2.24) is 9.97 Å². The van der Waals surface area contributed by atoms with Crippen LogP contribution >= 0.6 is 0 Å². The minimum atomic E-state index is 0.453. The minimum Gasteiger partial charge on any atom is -0.385 e. The zero-order valence-electron chi connectivity index (χ0n) is 11.8. The summed E-state index contributed by atoms with van der Waals surface area (Å²) in [5.74, 6) is 1.19. The summed E-state index contributed by atoms with van der Waals surface area (Å²) in [6.07, 6.45) is 2.57. The highest BCUT2D eigenvalue weighted by atomic mass is 16.5.